The van der Waals surface area contributed by atoms with Crippen LogP contribution in [0.5, 0.6) is 0 Å². The highest BCUT2D eigenvalue weighted by Crippen LogP contribution is 2.62. The fraction of sp³-hybridized carbons (Fsp3) is 0.433. The lowest BCUT2D eigenvalue weighted by Crippen LogP contribution is -2.48. The minimum absolute atomic E-state index is 0.0100. The summed E-state index contributed by atoms with van der Waals surface area (Å²) in [4.78, 5) is 4.98. The van der Waals surface area contributed by atoms with Gasteiger partial charge in [0.05, 0.1) is 5.69 Å². The van der Waals surface area contributed by atoms with Gasteiger partial charge in [0, 0.05) is 22.6 Å². The minimum atomic E-state index is -0.0166. The molecule has 1 saturated carbocycles. The maximum atomic E-state index is 4.98. The molecular weight excluding hydrogens is 374 g/mol. The van der Waals surface area contributed by atoms with Gasteiger partial charge in [0.1, 0.15) is 0 Å². The van der Waals surface area contributed by atoms with Crippen LogP contribution in [0.1, 0.15) is 87.3 Å². The van der Waals surface area contributed by atoms with Gasteiger partial charge in [-0.05, 0) is 75.6 Å². The van der Waals surface area contributed by atoms with Gasteiger partial charge in [-0.2, -0.15) is 0 Å². The Bertz CT molecular complexity index is 1230. The molecule has 3 aromatic rings. The number of fused-ring (bicyclic) bond motifs is 2. The minimum Gasteiger partial charge on any atom is -0.256 e. The lowest BCUT2D eigenvalue weighted by molar-refractivity contribution is 0.0183. The third-order valence-corrected chi connectivity index (χ3v) is 9.27. The molecule has 0 N–H and O–H groups in total. The summed E-state index contributed by atoms with van der Waals surface area (Å²) in [6.07, 6.45) is 4.75. The van der Waals surface area contributed by atoms with Crippen molar-refractivity contribution in [3.05, 3.63) is 88.1 Å². The predicted molar refractivity (Wildman–Crippen MR) is 129 cm³/mol. The number of aromatic nitrogens is 1. The maximum absolute atomic E-state index is 4.98. The first-order valence-electron chi connectivity index (χ1n) is 11.9. The van der Waals surface area contributed by atoms with Crippen LogP contribution in [0.2, 0.25) is 0 Å². The molecule has 158 valence electrons. The number of hydrogen-bond donors (Lipinski definition) is 0. The molecule has 0 amide bonds. The third-order valence-electron chi connectivity index (χ3n) is 9.27. The van der Waals surface area contributed by atoms with Crippen LogP contribution >= 0.6 is 0 Å². The molecule has 4 aliphatic carbocycles. The molecule has 2 atom stereocenters. The standard InChI is InChI=1S/C30H33N/c1-28(2)20-13-19-15-27(31-17-21(19)25(28)16-20)18-11-12-24-26(14-18)30(5,6)23-10-8-7-9-22(23)29(24,3)4/h7-12,14-15,17,20,25H,13,16H2,1-6H3. The highest BCUT2D eigenvalue weighted by Gasteiger charge is 2.52. The molecule has 2 aromatic carbocycles. The van der Waals surface area contributed by atoms with Crippen molar-refractivity contribution in [3.8, 4) is 11.3 Å². The molecule has 0 saturated heterocycles. The van der Waals surface area contributed by atoms with E-state index in [4.69, 9.17) is 4.98 Å². The number of hydrogen-bond acceptors (Lipinski definition) is 1. The lowest BCUT2D eigenvalue weighted by atomic mass is 9.47. The van der Waals surface area contributed by atoms with Gasteiger partial charge in [0.25, 0.3) is 0 Å². The zero-order valence-electron chi connectivity index (χ0n) is 19.7. The second kappa shape index (κ2) is 5.88. The topological polar surface area (TPSA) is 12.9 Å². The Balaban J connectivity index is 1.47. The van der Waals surface area contributed by atoms with Crippen molar-refractivity contribution in [2.75, 3.05) is 0 Å². The summed E-state index contributed by atoms with van der Waals surface area (Å²) in [5.74, 6) is 1.53. The zero-order chi connectivity index (χ0) is 21.8. The van der Waals surface area contributed by atoms with Gasteiger partial charge >= 0.3 is 0 Å². The summed E-state index contributed by atoms with van der Waals surface area (Å²) >= 11 is 0. The van der Waals surface area contributed by atoms with Crippen LogP contribution in [0, 0.1) is 11.3 Å². The van der Waals surface area contributed by atoms with Gasteiger partial charge in [0.2, 0.25) is 0 Å². The summed E-state index contributed by atoms with van der Waals surface area (Å²) in [7, 11) is 0. The average molecular weight is 408 g/mol. The van der Waals surface area contributed by atoms with Gasteiger partial charge in [0.15, 0.2) is 0 Å². The van der Waals surface area contributed by atoms with Crippen molar-refractivity contribution in [1.82, 2.24) is 4.98 Å². The molecular formula is C30H33N. The smallest absolute Gasteiger partial charge is 0.0705 e. The van der Waals surface area contributed by atoms with E-state index in [0.717, 1.165) is 11.6 Å². The Morgan fingerprint density at radius 3 is 2.10 bits per heavy atom. The van der Waals surface area contributed by atoms with E-state index in [-0.39, 0.29) is 10.8 Å². The summed E-state index contributed by atoms with van der Waals surface area (Å²) in [5, 5.41) is 0. The molecule has 0 spiro atoms. The van der Waals surface area contributed by atoms with Crippen molar-refractivity contribution in [2.45, 2.75) is 71.1 Å². The van der Waals surface area contributed by atoms with E-state index in [0.29, 0.717) is 11.3 Å². The molecule has 2 bridgehead atoms. The van der Waals surface area contributed by atoms with E-state index < -0.39 is 0 Å². The SMILES string of the molecule is CC1(C)c2ccccc2C(C)(C)c2cc(-c3cc4c(cn3)C3CC(C4)C3(C)C)ccc21. The van der Waals surface area contributed by atoms with E-state index in [1.165, 1.54) is 51.8 Å². The van der Waals surface area contributed by atoms with Crippen LogP contribution in [-0.2, 0) is 17.3 Å². The molecule has 7 rings (SSSR count). The van der Waals surface area contributed by atoms with Crippen molar-refractivity contribution >= 4 is 0 Å². The van der Waals surface area contributed by atoms with Gasteiger partial charge in [-0.3, -0.25) is 4.98 Å². The highest BCUT2D eigenvalue weighted by molar-refractivity contribution is 5.68. The fourth-order valence-corrected chi connectivity index (χ4v) is 6.94. The number of nitrogens with zero attached hydrogens (tertiary/aromatic N) is 1. The van der Waals surface area contributed by atoms with Crippen molar-refractivity contribution < 1.29 is 0 Å². The number of pyridine rings is 1. The Morgan fingerprint density at radius 2 is 1.42 bits per heavy atom. The number of benzene rings is 2. The molecule has 1 aromatic heterocycles. The second-order valence-electron chi connectivity index (χ2n) is 11.8. The normalized spacial score (nSPS) is 25.6. The monoisotopic (exact) mass is 407 g/mol. The average Bonchev–Trinajstić information content (AvgIpc) is 2.77. The van der Waals surface area contributed by atoms with Gasteiger partial charge < -0.3 is 0 Å². The van der Waals surface area contributed by atoms with E-state index in [1.807, 2.05) is 0 Å². The van der Waals surface area contributed by atoms with Gasteiger partial charge in [-0.25, -0.2) is 0 Å². The molecule has 1 heteroatoms. The molecule has 1 heterocycles. The van der Waals surface area contributed by atoms with E-state index in [2.05, 4.69) is 96.3 Å². The predicted octanol–water partition coefficient (Wildman–Crippen LogP) is 7.40. The molecule has 1 nitrogen and oxygen atoms in total. The Hall–Kier alpha value is -2.41. The summed E-state index contributed by atoms with van der Waals surface area (Å²) in [6.45, 7) is 14.4. The molecule has 0 aliphatic heterocycles. The third kappa shape index (κ3) is 2.41. The molecule has 0 radical (unpaired) electrons. The lowest BCUT2D eigenvalue weighted by Gasteiger charge is -2.57. The highest BCUT2D eigenvalue weighted by atomic mass is 14.7. The second-order valence-corrected chi connectivity index (χ2v) is 11.8. The molecule has 31 heavy (non-hydrogen) atoms. The summed E-state index contributed by atoms with van der Waals surface area (Å²) in [5.41, 5.74) is 11.7. The van der Waals surface area contributed by atoms with Gasteiger partial charge in [-0.15, -0.1) is 0 Å². The molecule has 4 aliphatic rings. The largest absolute Gasteiger partial charge is 0.256 e. The van der Waals surface area contributed by atoms with Crippen LogP contribution in [-0.4, -0.2) is 4.98 Å². The van der Waals surface area contributed by atoms with E-state index >= 15 is 0 Å². The Kier molecular flexibility index (Phi) is 3.66. The van der Waals surface area contributed by atoms with Crippen LogP contribution in [0.3, 0.4) is 0 Å². The van der Waals surface area contributed by atoms with Crippen LogP contribution in [0.15, 0.2) is 54.7 Å². The van der Waals surface area contributed by atoms with Crippen LogP contribution in [0.4, 0.5) is 0 Å². The summed E-state index contributed by atoms with van der Waals surface area (Å²) < 4.78 is 0. The first-order chi connectivity index (χ1) is 14.6. The van der Waals surface area contributed by atoms with Gasteiger partial charge in [-0.1, -0.05) is 77.9 Å². The number of rotatable bonds is 1. The quantitative estimate of drug-likeness (QED) is 0.409. The molecule has 1 fully saturated rings. The fourth-order valence-electron chi connectivity index (χ4n) is 6.94. The molecule has 2 unspecified atom stereocenters. The van der Waals surface area contributed by atoms with Crippen LogP contribution in [0.25, 0.3) is 11.3 Å². The Morgan fingerprint density at radius 1 is 0.774 bits per heavy atom. The van der Waals surface area contributed by atoms with E-state index in [9.17, 15) is 0 Å². The van der Waals surface area contributed by atoms with Crippen LogP contribution < -0.4 is 0 Å². The van der Waals surface area contributed by atoms with E-state index in [1.54, 1.807) is 0 Å². The maximum Gasteiger partial charge on any atom is 0.0705 e. The van der Waals surface area contributed by atoms with Crippen molar-refractivity contribution in [1.29, 1.82) is 0 Å². The van der Waals surface area contributed by atoms with Crippen molar-refractivity contribution in [2.24, 2.45) is 11.3 Å². The van der Waals surface area contributed by atoms with Crippen molar-refractivity contribution in [3.63, 3.8) is 0 Å². The first kappa shape index (κ1) is 19.3. The first-order valence-corrected chi connectivity index (χ1v) is 11.9. The summed E-state index contributed by atoms with van der Waals surface area (Å²) in [6, 6.07) is 18.5. The zero-order valence-corrected chi connectivity index (χ0v) is 19.7. The Labute approximate surface area is 186 Å².